The zero-order chi connectivity index (χ0) is 26.7. The monoisotopic (exact) mass is 518 g/mol. The minimum atomic E-state index is -0.677. The first-order valence-corrected chi connectivity index (χ1v) is 12.3. The maximum atomic E-state index is 13.5. The average molecular weight is 519 g/mol. The van der Waals surface area contributed by atoms with Crippen molar-refractivity contribution in [1.29, 1.82) is 0 Å². The summed E-state index contributed by atoms with van der Waals surface area (Å²) in [6, 6.07) is 12.0. The molecule has 0 fully saturated rings. The highest BCUT2D eigenvalue weighted by Crippen LogP contribution is 2.15. The molecule has 1 aromatic carbocycles. The number of carbonyl (C=O) groups excluding carboxylic acids is 2. The van der Waals surface area contributed by atoms with Gasteiger partial charge in [-0.2, -0.15) is 4.99 Å². The van der Waals surface area contributed by atoms with Gasteiger partial charge in [0.2, 0.25) is 0 Å². The summed E-state index contributed by atoms with van der Waals surface area (Å²) >= 11 is 5.93. The Morgan fingerprint density at radius 2 is 1.89 bits per heavy atom. The van der Waals surface area contributed by atoms with Crippen LogP contribution in [0.25, 0.3) is 22.8 Å². The predicted molar refractivity (Wildman–Crippen MR) is 144 cm³/mol. The number of hydrogen-bond acceptors (Lipinski definition) is 5. The number of fused-ring (bicyclic) bond motifs is 2. The van der Waals surface area contributed by atoms with Crippen LogP contribution in [-0.2, 0) is 16.1 Å². The summed E-state index contributed by atoms with van der Waals surface area (Å²) in [7, 11) is 0. The molecule has 1 amide bonds. The molecular weight excluding hydrogens is 492 g/mol. The van der Waals surface area contributed by atoms with E-state index in [2.05, 4.69) is 4.99 Å². The normalized spacial score (nSPS) is 12.2. The summed E-state index contributed by atoms with van der Waals surface area (Å²) in [4.78, 5) is 48.5. The largest absolute Gasteiger partial charge is 0.462 e. The second-order valence-corrected chi connectivity index (χ2v) is 9.42. The minimum Gasteiger partial charge on any atom is -0.462 e. The second kappa shape index (κ2) is 10.9. The van der Waals surface area contributed by atoms with Gasteiger partial charge >= 0.3 is 5.97 Å². The van der Waals surface area contributed by atoms with Crippen molar-refractivity contribution in [1.82, 2.24) is 14.0 Å². The van der Waals surface area contributed by atoms with Gasteiger partial charge < -0.3 is 9.30 Å². The third-order valence-corrected chi connectivity index (χ3v) is 5.90. The Morgan fingerprint density at radius 3 is 2.57 bits per heavy atom. The van der Waals surface area contributed by atoms with Crippen LogP contribution in [0.4, 0.5) is 0 Å². The van der Waals surface area contributed by atoms with E-state index in [1.165, 1.54) is 16.5 Å². The number of aryl methyl sites for hydroxylation is 1. The summed E-state index contributed by atoms with van der Waals surface area (Å²) in [5, 5.41) is 0.819. The Hall–Kier alpha value is -4.04. The van der Waals surface area contributed by atoms with Crippen molar-refractivity contribution >= 4 is 46.2 Å². The predicted octanol–water partition coefficient (Wildman–Crippen LogP) is 4.58. The number of benzene rings is 1. The van der Waals surface area contributed by atoms with E-state index in [0.717, 1.165) is 11.1 Å². The number of pyridine rings is 2. The quantitative estimate of drug-likeness (QED) is 0.211. The van der Waals surface area contributed by atoms with Crippen molar-refractivity contribution in [2.45, 2.75) is 34.2 Å². The summed E-state index contributed by atoms with van der Waals surface area (Å²) in [6.45, 7) is 8.01. The summed E-state index contributed by atoms with van der Waals surface area (Å²) in [6.07, 6.45) is 4.56. The fraction of sp³-hybridized carbons (Fsp3) is 0.250. The first-order chi connectivity index (χ1) is 17.7. The van der Waals surface area contributed by atoms with E-state index in [-0.39, 0.29) is 34.5 Å². The van der Waals surface area contributed by atoms with Crippen molar-refractivity contribution in [2.75, 3.05) is 6.61 Å². The van der Waals surface area contributed by atoms with Crippen LogP contribution in [0.15, 0.2) is 64.5 Å². The molecule has 190 valence electrons. The first kappa shape index (κ1) is 26.0. The smallest absolute Gasteiger partial charge is 0.341 e. The lowest BCUT2D eigenvalue weighted by molar-refractivity contribution is -0.113. The molecule has 0 spiro atoms. The van der Waals surface area contributed by atoms with Crippen molar-refractivity contribution in [2.24, 2.45) is 10.9 Å². The fourth-order valence-electron chi connectivity index (χ4n) is 3.99. The van der Waals surface area contributed by atoms with Crippen molar-refractivity contribution < 1.29 is 14.3 Å². The van der Waals surface area contributed by atoms with Gasteiger partial charge in [0.1, 0.15) is 16.9 Å². The molecule has 0 aliphatic rings. The molecule has 4 rings (SSSR count). The van der Waals surface area contributed by atoms with Crippen molar-refractivity contribution in [3.8, 4) is 0 Å². The van der Waals surface area contributed by atoms with E-state index >= 15 is 0 Å². The van der Waals surface area contributed by atoms with Gasteiger partial charge in [-0.05, 0) is 61.2 Å². The van der Waals surface area contributed by atoms with Crippen LogP contribution >= 0.6 is 11.6 Å². The molecule has 9 heteroatoms. The number of ether oxygens (including phenoxy) is 1. The zero-order valence-corrected chi connectivity index (χ0v) is 21.8. The van der Waals surface area contributed by atoms with Crippen molar-refractivity contribution in [3.05, 3.63) is 92.3 Å². The number of hydrogen-bond donors (Lipinski definition) is 0. The molecule has 0 radical (unpaired) electrons. The third-order valence-electron chi connectivity index (χ3n) is 5.65. The number of aromatic nitrogens is 3. The second-order valence-electron chi connectivity index (χ2n) is 8.98. The fourth-order valence-corrected chi connectivity index (χ4v) is 4.11. The summed E-state index contributed by atoms with van der Waals surface area (Å²) < 4.78 is 8.37. The third kappa shape index (κ3) is 5.54. The number of carbonyl (C=O) groups is 2. The number of esters is 1. The standard InChI is InChI=1S/C28H27ClN4O4/c1-5-37-28(36)22-15-21-25(31-24-18(4)7-6-14-32(24)27(21)35)33(16-17(2)3)26(22)30-23(34)13-10-19-8-11-20(29)12-9-19/h6-15,17H,5,16H2,1-4H3/b13-10-,30-26?. The van der Waals surface area contributed by atoms with Crippen LogP contribution in [0.2, 0.25) is 5.02 Å². The lowest BCUT2D eigenvalue weighted by Crippen LogP contribution is -2.33. The Balaban J connectivity index is 2.03. The van der Waals surface area contributed by atoms with Gasteiger partial charge in [-0.3, -0.25) is 14.0 Å². The minimum absolute atomic E-state index is 0.0229. The summed E-state index contributed by atoms with van der Waals surface area (Å²) in [5.41, 5.74) is 2.20. The van der Waals surface area contributed by atoms with Gasteiger partial charge in [-0.1, -0.05) is 43.6 Å². The first-order valence-electron chi connectivity index (χ1n) is 11.9. The van der Waals surface area contributed by atoms with Gasteiger partial charge in [0.25, 0.3) is 11.5 Å². The highest BCUT2D eigenvalue weighted by Gasteiger charge is 2.20. The van der Waals surface area contributed by atoms with E-state index in [1.807, 2.05) is 26.8 Å². The molecule has 0 saturated heterocycles. The van der Waals surface area contributed by atoms with E-state index in [1.54, 1.807) is 54.1 Å². The van der Waals surface area contributed by atoms with E-state index in [4.69, 9.17) is 21.3 Å². The van der Waals surface area contributed by atoms with Crippen LogP contribution in [0.5, 0.6) is 0 Å². The molecule has 8 nitrogen and oxygen atoms in total. The molecule has 0 unspecified atom stereocenters. The van der Waals surface area contributed by atoms with Crippen LogP contribution in [-0.4, -0.2) is 32.4 Å². The number of amides is 1. The van der Waals surface area contributed by atoms with Gasteiger partial charge in [-0.25, -0.2) is 9.78 Å². The SMILES string of the molecule is CCOC(=O)c1cc2c(=O)n3cccc(C)c3nc2n(CC(C)C)c1=NC(=O)/C=C\c1ccc(Cl)cc1. The number of rotatable bonds is 6. The number of nitrogens with zero attached hydrogens (tertiary/aromatic N) is 4. The number of halogens is 1. The molecule has 3 heterocycles. The van der Waals surface area contributed by atoms with Crippen LogP contribution in [0.1, 0.15) is 42.3 Å². The molecule has 0 N–H and O–H groups in total. The Bertz CT molecular complexity index is 1660. The van der Waals surface area contributed by atoms with Crippen LogP contribution < -0.4 is 11.0 Å². The molecule has 0 atom stereocenters. The maximum Gasteiger partial charge on any atom is 0.341 e. The highest BCUT2D eigenvalue weighted by molar-refractivity contribution is 6.30. The molecule has 0 bridgehead atoms. The topological polar surface area (TPSA) is 95.0 Å². The Kier molecular flexibility index (Phi) is 7.69. The van der Waals surface area contributed by atoms with Gasteiger partial charge in [-0.15, -0.1) is 0 Å². The molecule has 0 saturated carbocycles. The summed E-state index contributed by atoms with van der Waals surface area (Å²) in [5.74, 6) is -1.16. The maximum absolute atomic E-state index is 13.5. The van der Waals surface area contributed by atoms with E-state index < -0.39 is 11.9 Å². The lowest BCUT2D eigenvalue weighted by Gasteiger charge is -2.17. The van der Waals surface area contributed by atoms with Crippen LogP contribution in [0, 0.1) is 12.8 Å². The van der Waals surface area contributed by atoms with Crippen molar-refractivity contribution in [3.63, 3.8) is 0 Å². The molecular formula is C28H27ClN4O4. The lowest BCUT2D eigenvalue weighted by atomic mass is 10.1. The zero-order valence-electron chi connectivity index (χ0n) is 21.1. The molecule has 0 aliphatic heterocycles. The molecule has 37 heavy (non-hydrogen) atoms. The van der Waals surface area contributed by atoms with E-state index in [0.29, 0.717) is 22.9 Å². The molecule has 3 aromatic heterocycles. The van der Waals surface area contributed by atoms with Crippen LogP contribution in [0.3, 0.4) is 0 Å². The Morgan fingerprint density at radius 1 is 1.16 bits per heavy atom. The highest BCUT2D eigenvalue weighted by atomic mass is 35.5. The van der Waals surface area contributed by atoms with Gasteiger partial charge in [0.05, 0.1) is 12.0 Å². The Labute approximate surface area is 218 Å². The molecule has 0 aliphatic carbocycles. The van der Waals surface area contributed by atoms with Gasteiger partial charge in [0.15, 0.2) is 5.49 Å². The molecule has 4 aromatic rings. The van der Waals surface area contributed by atoms with E-state index in [9.17, 15) is 14.4 Å². The van der Waals surface area contributed by atoms with Gasteiger partial charge in [0, 0.05) is 23.8 Å². The average Bonchev–Trinajstić information content (AvgIpc) is 2.85.